The molecule has 1 aromatic rings. The van der Waals surface area contributed by atoms with Crippen LogP contribution in [0.25, 0.3) is 0 Å². The number of nitrogens with two attached hydrogens (primary N) is 1. The summed E-state index contributed by atoms with van der Waals surface area (Å²) in [5.41, 5.74) is 6.28. The summed E-state index contributed by atoms with van der Waals surface area (Å²) < 4.78 is 0. The predicted octanol–water partition coefficient (Wildman–Crippen LogP) is 3.47. The molecule has 0 spiro atoms. The van der Waals surface area contributed by atoms with E-state index < -0.39 is 0 Å². The Balaban J connectivity index is 2.47. The zero-order chi connectivity index (χ0) is 14.3. The number of halogens is 2. The van der Waals surface area contributed by atoms with Crippen LogP contribution in [0.1, 0.15) is 31.2 Å². The van der Waals surface area contributed by atoms with Crippen molar-refractivity contribution >= 4 is 29.1 Å². The van der Waals surface area contributed by atoms with E-state index in [-0.39, 0.29) is 5.91 Å². The van der Waals surface area contributed by atoms with E-state index in [0.29, 0.717) is 29.6 Å². The van der Waals surface area contributed by atoms with Crippen molar-refractivity contribution in [2.45, 2.75) is 32.2 Å². The fourth-order valence-electron chi connectivity index (χ4n) is 1.80. The van der Waals surface area contributed by atoms with E-state index in [1.165, 1.54) is 0 Å². The smallest absolute Gasteiger partial charge is 0.222 e. The van der Waals surface area contributed by atoms with Gasteiger partial charge >= 0.3 is 0 Å². The second-order valence-electron chi connectivity index (χ2n) is 4.56. The number of benzene rings is 1. The van der Waals surface area contributed by atoms with Crippen molar-refractivity contribution in [1.82, 2.24) is 4.90 Å². The van der Waals surface area contributed by atoms with E-state index >= 15 is 0 Å². The Morgan fingerprint density at radius 1 is 1.26 bits per heavy atom. The van der Waals surface area contributed by atoms with Gasteiger partial charge < -0.3 is 10.6 Å². The molecule has 0 heterocycles. The van der Waals surface area contributed by atoms with Crippen LogP contribution in [0.3, 0.4) is 0 Å². The number of unbranched alkanes of at least 4 members (excludes halogenated alkanes) is 2. The van der Waals surface area contributed by atoms with Crippen LogP contribution in [0.4, 0.5) is 0 Å². The van der Waals surface area contributed by atoms with Gasteiger partial charge in [-0.25, -0.2) is 0 Å². The Bertz CT molecular complexity index is 424. The maximum atomic E-state index is 11.9. The van der Waals surface area contributed by atoms with Gasteiger partial charge in [0.15, 0.2) is 0 Å². The van der Waals surface area contributed by atoms with Crippen LogP contribution in [0.2, 0.25) is 10.0 Å². The Morgan fingerprint density at radius 3 is 2.68 bits per heavy atom. The van der Waals surface area contributed by atoms with Crippen molar-refractivity contribution in [2.75, 3.05) is 13.6 Å². The molecule has 0 aliphatic rings. The quantitative estimate of drug-likeness (QED) is 0.784. The molecular formula is C14H20Cl2N2O. The average Bonchev–Trinajstić information content (AvgIpc) is 2.39. The molecule has 0 fully saturated rings. The largest absolute Gasteiger partial charge is 0.341 e. The van der Waals surface area contributed by atoms with Crippen LogP contribution in [-0.2, 0) is 11.3 Å². The zero-order valence-electron chi connectivity index (χ0n) is 11.2. The Kier molecular flexibility index (Phi) is 7.21. The highest BCUT2D eigenvalue weighted by atomic mass is 35.5. The molecule has 3 nitrogen and oxygen atoms in total. The molecule has 19 heavy (non-hydrogen) atoms. The summed E-state index contributed by atoms with van der Waals surface area (Å²) in [7, 11) is 1.78. The molecule has 0 aliphatic carbocycles. The van der Waals surface area contributed by atoms with E-state index in [2.05, 4.69) is 0 Å². The first-order valence-electron chi connectivity index (χ1n) is 6.43. The number of amides is 1. The third-order valence-corrected chi connectivity index (χ3v) is 3.82. The van der Waals surface area contributed by atoms with E-state index in [1.807, 2.05) is 12.1 Å². The monoisotopic (exact) mass is 302 g/mol. The molecule has 2 N–H and O–H groups in total. The van der Waals surface area contributed by atoms with Crippen molar-refractivity contribution < 1.29 is 4.79 Å². The molecule has 0 unspecified atom stereocenters. The normalized spacial score (nSPS) is 10.5. The molecular weight excluding hydrogens is 283 g/mol. The second kappa shape index (κ2) is 8.41. The molecule has 0 atom stereocenters. The average molecular weight is 303 g/mol. The van der Waals surface area contributed by atoms with Crippen molar-refractivity contribution in [1.29, 1.82) is 0 Å². The van der Waals surface area contributed by atoms with Crippen LogP contribution in [-0.4, -0.2) is 24.4 Å². The van der Waals surface area contributed by atoms with E-state index in [0.717, 1.165) is 24.8 Å². The minimum atomic E-state index is 0.119. The van der Waals surface area contributed by atoms with Gasteiger partial charge in [0, 0.05) is 20.0 Å². The highest BCUT2D eigenvalue weighted by Crippen LogP contribution is 2.26. The third kappa shape index (κ3) is 5.39. The first kappa shape index (κ1) is 16.3. The minimum absolute atomic E-state index is 0.119. The number of carbonyl (C=O) groups is 1. The zero-order valence-corrected chi connectivity index (χ0v) is 12.7. The standard InChI is InChI=1S/C14H20Cl2N2O/c1-18(13(19)8-3-2-4-9-17)10-11-6-5-7-12(15)14(11)16/h5-7H,2-4,8-10,17H2,1H3. The number of nitrogens with zero attached hydrogens (tertiary/aromatic N) is 1. The summed E-state index contributed by atoms with van der Waals surface area (Å²) in [5, 5.41) is 1.04. The maximum Gasteiger partial charge on any atom is 0.222 e. The van der Waals surface area contributed by atoms with Gasteiger partial charge in [-0.2, -0.15) is 0 Å². The molecule has 0 aromatic heterocycles. The van der Waals surface area contributed by atoms with Gasteiger partial charge in [0.05, 0.1) is 10.0 Å². The van der Waals surface area contributed by atoms with Crippen molar-refractivity contribution in [3.63, 3.8) is 0 Å². The first-order valence-corrected chi connectivity index (χ1v) is 7.18. The van der Waals surface area contributed by atoms with E-state index in [9.17, 15) is 4.79 Å². The van der Waals surface area contributed by atoms with Crippen LogP contribution in [0.5, 0.6) is 0 Å². The summed E-state index contributed by atoms with van der Waals surface area (Å²) >= 11 is 12.1. The van der Waals surface area contributed by atoms with Crippen molar-refractivity contribution in [3.05, 3.63) is 33.8 Å². The van der Waals surface area contributed by atoms with Gasteiger partial charge in [-0.1, -0.05) is 41.8 Å². The molecule has 5 heteroatoms. The van der Waals surface area contributed by atoms with Gasteiger partial charge in [-0.15, -0.1) is 0 Å². The van der Waals surface area contributed by atoms with Gasteiger partial charge in [0.2, 0.25) is 5.91 Å². The summed E-state index contributed by atoms with van der Waals surface area (Å²) in [6.07, 6.45) is 3.39. The number of hydrogen-bond donors (Lipinski definition) is 1. The van der Waals surface area contributed by atoms with Gasteiger partial charge in [0.25, 0.3) is 0 Å². The SMILES string of the molecule is CN(Cc1cccc(Cl)c1Cl)C(=O)CCCCCN. The lowest BCUT2D eigenvalue weighted by Gasteiger charge is -2.18. The molecule has 1 amide bonds. The van der Waals surface area contributed by atoms with E-state index in [4.69, 9.17) is 28.9 Å². The van der Waals surface area contributed by atoms with Crippen LogP contribution < -0.4 is 5.73 Å². The fraction of sp³-hybridized carbons (Fsp3) is 0.500. The van der Waals surface area contributed by atoms with Crippen molar-refractivity contribution in [3.8, 4) is 0 Å². The van der Waals surface area contributed by atoms with Gasteiger partial charge in [-0.3, -0.25) is 4.79 Å². The number of hydrogen-bond acceptors (Lipinski definition) is 2. The Hall–Kier alpha value is -0.770. The second-order valence-corrected chi connectivity index (χ2v) is 5.35. The van der Waals surface area contributed by atoms with Crippen LogP contribution in [0.15, 0.2) is 18.2 Å². The van der Waals surface area contributed by atoms with Gasteiger partial charge in [-0.05, 0) is 31.0 Å². The molecule has 1 aromatic carbocycles. The topological polar surface area (TPSA) is 46.3 Å². The fourth-order valence-corrected chi connectivity index (χ4v) is 2.18. The molecule has 0 aliphatic heterocycles. The molecule has 1 rings (SSSR count). The highest BCUT2D eigenvalue weighted by molar-refractivity contribution is 6.42. The molecule has 0 radical (unpaired) electrons. The lowest BCUT2D eigenvalue weighted by atomic mass is 10.1. The lowest BCUT2D eigenvalue weighted by molar-refractivity contribution is -0.130. The highest BCUT2D eigenvalue weighted by Gasteiger charge is 2.11. The van der Waals surface area contributed by atoms with Crippen LogP contribution >= 0.6 is 23.2 Å². The minimum Gasteiger partial charge on any atom is -0.341 e. The summed E-state index contributed by atoms with van der Waals surface area (Å²) in [5.74, 6) is 0.119. The predicted molar refractivity (Wildman–Crippen MR) is 80.5 cm³/mol. The number of carbonyl (C=O) groups excluding carboxylic acids is 1. The summed E-state index contributed by atoms with van der Waals surface area (Å²) in [6.45, 7) is 1.16. The molecule has 0 bridgehead atoms. The summed E-state index contributed by atoms with van der Waals surface area (Å²) in [6, 6.07) is 5.46. The first-order chi connectivity index (χ1) is 9.06. The van der Waals surface area contributed by atoms with Crippen LogP contribution in [0, 0.1) is 0 Å². The summed E-state index contributed by atoms with van der Waals surface area (Å²) in [4.78, 5) is 13.6. The van der Waals surface area contributed by atoms with Gasteiger partial charge in [0.1, 0.15) is 0 Å². The lowest BCUT2D eigenvalue weighted by Crippen LogP contribution is -2.26. The Labute approximate surface area is 124 Å². The Morgan fingerprint density at radius 2 is 2.00 bits per heavy atom. The third-order valence-electron chi connectivity index (χ3n) is 2.96. The number of rotatable bonds is 7. The van der Waals surface area contributed by atoms with E-state index in [1.54, 1.807) is 18.0 Å². The van der Waals surface area contributed by atoms with Crippen molar-refractivity contribution in [2.24, 2.45) is 5.73 Å². The molecule has 0 saturated heterocycles. The maximum absolute atomic E-state index is 11.9. The molecule has 0 saturated carbocycles. The molecule has 106 valence electrons.